The number of rotatable bonds is 4. The Balaban J connectivity index is 2.11. The Kier molecular flexibility index (Phi) is 4.34. The van der Waals surface area contributed by atoms with Gasteiger partial charge in [0.1, 0.15) is 0 Å². The Morgan fingerprint density at radius 2 is 1.95 bits per heavy atom. The van der Waals surface area contributed by atoms with Gasteiger partial charge in [0, 0.05) is 30.8 Å². The van der Waals surface area contributed by atoms with Gasteiger partial charge in [0.05, 0.1) is 0 Å². The molecule has 1 heterocycles. The summed E-state index contributed by atoms with van der Waals surface area (Å²) in [6.07, 6.45) is 3.74. The predicted molar refractivity (Wildman–Crippen MR) is 74.1 cm³/mol. The minimum Gasteiger partial charge on any atom is -0.349 e. The lowest BCUT2D eigenvalue weighted by molar-refractivity contribution is 0.0793. The van der Waals surface area contributed by atoms with Crippen LogP contribution in [-0.4, -0.2) is 36.3 Å². The highest BCUT2D eigenvalue weighted by Gasteiger charge is 2.20. The van der Waals surface area contributed by atoms with Crippen LogP contribution < -0.4 is 5.32 Å². The molecule has 0 atom stereocenters. The minimum absolute atomic E-state index is 0.0101. The number of likely N-dealkylation sites (tertiary alicyclic amines) is 1. The van der Waals surface area contributed by atoms with Crippen molar-refractivity contribution in [3.05, 3.63) is 48.0 Å². The summed E-state index contributed by atoms with van der Waals surface area (Å²) in [4.78, 5) is 25.9. The van der Waals surface area contributed by atoms with Gasteiger partial charge in [-0.1, -0.05) is 12.1 Å². The van der Waals surface area contributed by atoms with Gasteiger partial charge in [-0.25, -0.2) is 0 Å². The van der Waals surface area contributed by atoms with Crippen molar-refractivity contribution in [3.8, 4) is 0 Å². The lowest BCUT2D eigenvalue weighted by Gasteiger charge is -2.15. The summed E-state index contributed by atoms with van der Waals surface area (Å²) in [7, 11) is 0. The molecule has 0 saturated carbocycles. The fourth-order valence-corrected chi connectivity index (χ4v) is 2.16. The predicted octanol–water partition coefficient (Wildman–Crippen LogP) is 1.84. The Morgan fingerprint density at radius 1 is 1.26 bits per heavy atom. The standard InChI is InChI=1S/C15H18N2O2/c1-2-8-16-14(18)12-6-5-7-13(11-12)15(19)17-9-3-4-10-17/h2,5-7,11H,1,3-4,8-10H2,(H,16,18). The van der Waals surface area contributed by atoms with E-state index < -0.39 is 0 Å². The minimum atomic E-state index is -0.184. The van der Waals surface area contributed by atoms with Crippen molar-refractivity contribution in [1.29, 1.82) is 0 Å². The molecule has 1 fully saturated rings. The maximum Gasteiger partial charge on any atom is 0.253 e. The number of amides is 2. The summed E-state index contributed by atoms with van der Waals surface area (Å²) in [6.45, 7) is 5.59. The first-order chi connectivity index (χ1) is 9.22. The molecule has 1 aliphatic rings. The van der Waals surface area contributed by atoms with E-state index in [1.807, 2.05) is 4.90 Å². The van der Waals surface area contributed by atoms with Gasteiger partial charge in [-0.15, -0.1) is 6.58 Å². The summed E-state index contributed by atoms with van der Waals surface area (Å²) >= 11 is 0. The number of hydrogen-bond acceptors (Lipinski definition) is 2. The number of carbonyl (C=O) groups is 2. The topological polar surface area (TPSA) is 49.4 Å². The van der Waals surface area contributed by atoms with E-state index in [0.717, 1.165) is 25.9 Å². The van der Waals surface area contributed by atoms with Crippen LogP contribution in [0.3, 0.4) is 0 Å². The number of hydrogen-bond donors (Lipinski definition) is 1. The summed E-state index contributed by atoms with van der Waals surface area (Å²) in [6, 6.07) is 6.86. The first-order valence-corrected chi connectivity index (χ1v) is 6.51. The SMILES string of the molecule is C=CCNC(=O)c1cccc(C(=O)N2CCCC2)c1. The summed E-state index contributed by atoms with van der Waals surface area (Å²) in [5, 5.41) is 2.70. The van der Waals surface area contributed by atoms with Crippen LogP contribution in [0.25, 0.3) is 0 Å². The number of benzene rings is 1. The molecule has 2 rings (SSSR count). The van der Waals surface area contributed by atoms with Crippen LogP contribution in [0.5, 0.6) is 0 Å². The molecule has 0 aromatic heterocycles. The van der Waals surface area contributed by atoms with Crippen molar-refractivity contribution in [3.63, 3.8) is 0 Å². The second-order valence-electron chi connectivity index (χ2n) is 4.58. The largest absolute Gasteiger partial charge is 0.349 e. The normalized spacial score (nSPS) is 14.2. The highest BCUT2D eigenvalue weighted by molar-refractivity contribution is 5.99. The molecule has 0 spiro atoms. The molecule has 0 bridgehead atoms. The van der Waals surface area contributed by atoms with Gasteiger partial charge in [0.15, 0.2) is 0 Å². The van der Waals surface area contributed by atoms with Gasteiger partial charge in [0.2, 0.25) is 0 Å². The molecule has 4 heteroatoms. The zero-order valence-electron chi connectivity index (χ0n) is 10.9. The van der Waals surface area contributed by atoms with Crippen LogP contribution >= 0.6 is 0 Å². The molecule has 2 amide bonds. The van der Waals surface area contributed by atoms with E-state index in [9.17, 15) is 9.59 Å². The molecule has 1 aliphatic heterocycles. The van der Waals surface area contributed by atoms with Crippen molar-refractivity contribution >= 4 is 11.8 Å². The highest BCUT2D eigenvalue weighted by atomic mass is 16.2. The molecule has 1 N–H and O–H groups in total. The molecule has 1 aromatic rings. The number of nitrogens with zero attached hydrogens (tertiary/aromatic N) is 1. The van der Waals surface area contributed by atoms with E-state index in [-0.39, 0.29) is 11.8 Å². The highest BCUT2D eigenvalue weighted by Crippen LogP contribution is 2.14. The molecular weight excluding hydrogens is 240 g/mol. The van der Waals surface area contributed by atoms with Crippen molar-refractivity contribution in [2.24, 2.45) is 0 Å². The van der Waals surface area contributed by atoms with Crippen LogP contribution in [-0.2, 0) is 0 Å². The van der Waals surface area contributed by atoms with Crippen LogP contribution in [0.4, 0.5) is 0 Å². The summed E-state index contributed by atoms with van der Waals surface area (Å²) in [5.74, 6) is -0.174. The quantitative estimate of drug-likeness (QED) is 0.838. The third kappa shape index (κ3) is 3.22. The molecule has 1 aromatic carbocycles. The molecule has 0 unspecified atom stereocenters. The third-order valence-electron chi connectivity index (χ3n) is 3.17. The molecule has 1 saturated heterocycles. The van der Waals surface area contributed by atoms with Crippen molar-refractivity contribution in [2.45, 2.75) is 12.8 Å². The Morgan fingerprint density at radius 3 is 2.63 bits per heavy atom. The maximum absolute atomic E-state index is 12.2. The fourth-order valence-electron chi connectivity index (χ4n) is 2.16. The maximum atomic E-state index is 12.2. The monoisotopic (exact) mass is 258 g/mol. The second-order valence-corrected chi connectivity index (χ2v) is 4.58. The van der Waals surface area contributed by atoms with Crippen LogP contribution in [0, 0.1) is 0 Å². The zero-order valence-corrected chi connectivity index (χ0v) is 10.9. The molecule has 4 nitrogen and oxygen atoms in total. The third-order valence-corrected chi connectivity index (χ3v) is 3.17. The Labute approximate surface area is 113 Å². The number of carbonyl (C=O) groups excluding carboxylic acids is 2. The average Bonchev–Trinajstić information content (AvgIpc) is 2.98. The van der Waals surface area contributed by atoms with E-state index >= 15 is 0 Å². The second kappa shape index (κ2) is 6.18. The average molecular weight is 258 g/mol. The van der Waals surface area contributed by atoms with Crippen molar-refractivity contribution in [2.75, 3.05) is 19.6 Å². The first-order valence-electron chi connectivity index (χ1n) is 6.51. The van der Waals surface area contributed by atoms with E-state index in [0.29, 0.717) is 17.7 Å². The molecular formula is C15H18N2O2. The summed E-state index contributed by atoms with van der Waals surface area (Å²) < 4.78 is 0. The van der Waals surface area contributed by atoms with E-state index in [2.05, 4.69) is 11.9 Å². The van der Waals surface area contributed by atoms with Crippen molar-refractivity contribution < 1.29 is 9.59 Å². The molecule has 100 valence electrons. The van der Waals surface area contributed by atoms with Crippen LogP contribution in [0.1, 0.15) is 33.6 Å². The van der Waals surface area contributed by atoms with Crippen molar-refractivity contribution in [1.82, 2.24) is 10.2 Å². The van der Waals surface area contributed by atoms with E-state index in [4.69, 9.17) is 0 Å². The lowest BCUT2D eigenvalue weighted by Crippen LogP contribution is -2.28. The van der Waals surface area contributed by atoms with Gasteiger partial charge in [0.25, 0.3) is 11.8 Å². The van der Waals surface area contributed by atoms with Gasteiger partial charge in [-0.2, -0.15) is 0 Å². The zero-order chi connectivity index (χ0) is 13.7. The Bertz CT molecular complexity index is 491. The smallest absolute Gasteiger partial charge is 0.253 e. The Hall–Kier alpha value is -2.10. The van der Waals surface area contributed by atoms with E-state index in [1.54, 1.807) is 30.3 Å². The van der Waals surface area contributed by atoms with Gasteiger partial charge in [-0.3, -0.25) is 9.59 Å². The van der Waals surface area contributed by atoms with Crippen LogP contribution in [0.15, 0.2) is 36.9 Å². The van der Waals surface area contributed by atoms with Gasteiger partial charge < -0.3 is 10.2 Å². The summed E-state index contributed by atoms with van der Waals surface area (Å²) in [5.41, 5.74) is 1.08. The van der Waals surface area contributed by atoms with E-state index in [1.165, 1.54) is 0 Å². The van der Waals surface area contributed by atoms with Gasteiger partial charge in [-0.05, 0) is 31.0 Å². The molecule has 0 aliphatic carbocycles. The van der Waals surface area contributed by atoms with Crippen LogP contribution in [0.2, 0.25) is 0 Å². The molecule has 19 heavy (non-hydrogen) atoms. The number of nitrogens with one attached hydrogen (secondary N) is 1. The molecule has 0 radical (unpaired) electrons. The lowest BCUT2D eigenvalue weighted by atomic mass is 10.1. The first kappa shape index (κ1) is 13.3. The van der Waals surface area contributed by atoms with Gasteiger partial charge >= 0.3 is 0 Å². The fraction of sp³-hybridized carbons (Fsp3) is 0.333.